The molecule has 0 saturated heterocycles. The van der Waals surface area contributed by atoms with E-state index in [0.29, 0.717) is 5.69 Å². The molecule has 0 bridgehead atoms. The summed E-state index contributed by atoms with van der Waals surface area (Å²) in [6.07, 6.45) is 1.61. The van der Waals surface area contributed by atoms with Gasteiger partial charge in [-0.05, 0) is 43.2 Å². The zero-order valence-electron chi connectivity index (χ0n) is 13.6. The molecule has 7 heteroatoms. The molecule has 0 fully saturated rings. The van der Waals surface area contributed by atoms with Crippen LogP contribution in [0.2, 0.25) is 0 Å². The van der Waals surface area contributed by atoms with Crippen molar-refractivity contribution in [3.63, 3.8) is 0 Å². The molecule has 2 aromatic rings. The minimum atomic E-state index is -0.651. The lowest BCUT2D eigenvalue weighted by Gasteiger charge is -2.22. The minimum Gasteiger partial charge on any atom is -0.451 e. The maximum absolute atomic E-state index is 12.5. The molecule has 124 valence electrons. The smallest absolute Gasteiger partial charge is 0.356 e. The number of aromatic nitrogens is 2. The van der Waals surface area contributed by atoms with Crippen molar-refractivity contribution in [3.05, 3.63) is 47.3 Å². The normalized spacial score (nSPS) is 10.0. The van der Waals surface area contributed by atoms with Gasteiger partial charge in [0.1, 0.15) is 5.69 Å². The van der Waals surface area contributed by atoms with Gasteiger partial charge < -0.3 is 9.64 Å². The Bertz CT molecular complexity index is 742. The maximum atomic E-state index is 12.5. The van der Waals surface area contributed by atoms with Crippen LogP contribution in [-0.4, -0.2) is 35.2 Å². The Morgan fingerprint density at radius 3 is 2.58 bits per heavy atom. The SMILES string of the molecule is Cc1cc(C)cc(N(CCC#N)C(=O)COC(=O)c2ccn[nH]2)c1. The fourth-order valence-corrected chi connectivity index (χ4v) is 2.32. The number of ether oxygens (including phenoxy) is 1. The van der Waals surface area contributed by atoms with Crippen molar-refractivity contribution >= 4 is 17.6 Å². The first-order chi connectivity index (χ1) is 11.5. The summed E-state index contributed by atoms with van der Waals surface area (Å²) in [5.74, 6) is -1.04. The number of aromatic amines is 1. The van der Waals surface area contributed by atoms with E-state index in [4.69, 9.17) is 10.00 Å². The summed E-state index contributed by atoms with van der Waals surface area (Å²) < 4.78 is 5.01. The van der Waals surface area contributed by atoms with E-state index in [0.717, 1.165) is 11.1 Å². The second-order valence-electron chi connectivity index (χ2n) is 5.35. The van der Waals surface area contributed by atoms with Crippen molar-refractivity contribution in [3.8, 4) is 6.07 Å². The van der Waals surface area contributed by atoms with E-state index < -0.39 is 12.6 Å². The van der Waals surface area contributed by atoms with Crippen molar-refractivity contribution in [2.24, 2.45) is 0 Å². The van der Waals surface area contributed by atoms with Gasteiger partial charge in [0.2, 0.25) is 0 Å². The third-order valence-electron chi connectivity index (χ3n) is 3.31. The van der Waals surface area contributed by atoms with Gasteiger partial charge in [-0.25, -0.2) is 4.79 Å². The molecule has 0 atom stereocenters. The first kappa shape index (κ1) is 17.2. The molecular formula is C17H18N4O3. The molecule has 0 unspecified atom stereocenters. The Kier molecular flexibility index (Phi) is 5.68. The van der Waals surface area contributed by atoms with Crippen LogP contribution in [0.5, 0.6) is 0 Å². The third-order valence-corrected chi connectivity index (χ3v) is 3.31. The van der Waals surface area contributed by atoms with Crippen molar-refractivity contribution in [2.75, 3.05) is 18.1 Å². The van der Waals surface area contributed by atoms with Gasteiger partial charge in [0.15, 0.2) is 6.61 Å². The molecule has 1 heterocycles. The molecule has 0 aliphatic carbocycles. The summed E-state index contributed by atoms with van der Waals surface area (Å²) >= 11 is 0. The highest BCUT2D eigenvalue weighted by molar-refractivity contribution is 5.96. The Hall–Kier alpha value is -3.14. The highest BCUT2D eigenvalue weighted by Gasteiger charge is 2.19. The molecule has 0 aliphatic heterocycles. The average Bonchev–Trinajstić information content (AvgIpc) is 3.06. The molecule has 1 amide bonds. The van der Waals surface area contributed by atoms with E-state index in [-0.39, 0.29) is 24.6 Å². The number of amides is 1. The van der Waals surface area contributed by atoms with Gasteiger partial charge in [0, 0.05) is 18.4 Å². The van der Waals surface area contributed by atoms with Gasteiger partial charge in [-0.1, -0.05) is 6.07 Å². The first-order valence-electron chi connectivity index (χ1n) is 7.43. The van der Waals surface area contributed by atoms with E-state index >= 15 is 0 Å². The van der Waals surface area contributed by atoms with E-state index in [9.17, 15) is 9.59 Å². The van der Waals surface area contributed by atoms with Gasteiger partial charge in [0.25, 0.3) is 5.91 Å². The number of nitrogens with one attached hydrogen (secondary N) is 1. The molecule has 1 N–H and O–H groups in total. The van der Waals surface area contributed by atoms with E-state index in [1.54, 1.807) is 0 Å². The number of anilines is 1. The Balaban J connectivity index is 2.10. The zero-order chi connectivity index (χ0) is 17.5. The molecule has 24 heavy (non-hydrogen) atoms. The van der Waals surface area contributed by atoms with E-state index in [1.165, 1.54) is 17.2 Å². The lowest BCUT2D eigenvalue weighted by atomic mass is 10.1. The van der Waals surface area contributed by atoms with Crippen LogP contribution in [0.1, 0.15) is 28.0 Å². The van der Waals surface area contributed by atoms with Gasteiger partial charge in [-0.2, -0.15) is 10.4 Å². The summed E-state index contributed by atoms with van der Waals surface area (Å²) in [5.41, 5.74) is 2.88. The number of esters is 1. The van der Waals surface area contributed by atoms with Crippen LogP contribution in [-0.2, 0) is 9.53 Å². The molecule has 7 nitrogen and oxygen atoms in total. The number of carbonyl (C=O) groups is 2. The predicted octanol–water partition coefficient (Wildman–Crippen LogP) is 2.13. The van der Waals surface area contributed by atoms with Gasteiger partial charge in [-0.15, -0.1) is 0 Å². The summed E-state index contributed by atoms with van der Waals surface area (Å²) in [6.45, 7) is 3.69. The van der Waals surface area contributed by atoms with Crippen LogP contribution in [0, 0.1) is 25.2 Å². The van der Waals surface area contributed by atoms with Crippen LogP contribution in [0.25, 0.3) is 0 Å². The highest BCUT2D eigenvalue weighted by Crippen LogP contribution is 2.19. The monoisotopic (exact) mass is 326 g/mol. The number of hydrogen-bond acceptors (Lipinski definition) is 5. The number of benzene rings is 1. The largest absolute Gasteiger partial charge is 0.451 e. The van der Waals surface area contributed by atoms with Crippen molar-refractivity contribution in [2.45, 2.75) is 20.3 Å². The van der Waals surface area contributed by atoms with E-state index in [2.05, 4.69) is 10.2 Å². The average molecular weight is 326 g/mol. The first-order valence-corrected chi connectivity index (χ1v) is 7.43. The number of aryl methyl sites for hydroxylation is 2. The number of hydrogen-bond donors (Lipinski definition) is 1. The lowest BCUT2D eigenvalue weighted by molar-refractivity contribution is -0.121. The molecule has 1 aromatic carbocycles. The van der Waals surface area contributed by atoms with Crippen LogP contribution in [0.15, 0.2) is 30.5 Å². The summed E-state index contributed by atoms with van der Waals surface area (Å²) in [5, 5.41) is 14.9. The fourth-order valence-electron chi connectivity index (χ4n) is 2.32. The summed E-state index contributed by atoms with van der Waals surface area (Å²) in [7, 11) is 0. The number of H-pyrrole nitrogens is 1. The van der Waals surface area contributed by atoms with Crippen molar-refractivity contribution in [1.29, 1.82) is 5.26 Å². The molecule has 1 aromatic heterocycles. The topological polar surface area (TPSA) is 99.1 Å². The van der Waals surface area contributed by atoms with Crippen molar-refractivity contribution in [1.82, 2.24) is 10.2 Å². The molecule has 0 radical (unpaired) electrons. The predicted molar refractivity (Wildman–Crippen MR) is 87.4 cm³/mol. The van der Waals surface area contributed by atoms with Gasteiger partial charge in [-0.3, -0.25) is 9.89 Å². The maximum Gasteiger partial charge on any atom is 0.356 e. The number of nitrogens with zero attached hydrogens (tertiary/aromatic N) is 3. The standard InChI is InChI=1S/C17H18N4O3/c1-12-8-13(2)10-14(9-12)21(7-3-5-18)16(22)11-24-17(23)15-4-6-19-20-15/h4,6,8-10H,3,7,11H2,1-2H3,(H,19,20). The Labute approximate surface area is 139 Å². The second kappa shape index (κ2) is 7.92. The van der Waals surface area contributed by atoms with Gasteiger partial charge in [0.05, 0.1) is 12.5 Å². The number of carbonyl (C=O) groups excluding carboxylic acids is 2. The fraction of sp³-hybridized carbons (Fsp3) is 0.294. The quantitative estimate of drug-likeness (QED) is 0.820. The Morgan fingerprint density at radius 1 is 1.29 bits per heavy atom. The zero-order valence-corrected chi connectivity index (χ0v) is 13.6. The molecular weight excluding hydrogens is 308 g/mol. The second-order valence-corrected chi connectivity index (χ2v) is 5.35. The van der Waals surface area contributed by atoms with Gasteiger partial charge >= 0.3 is 5.97 Å². The molecule has 0 spiro atoms. The molecule has 0 aliphatic rings. The number of rotatable bonds is 6. The van der Waals surface area contributed by atoms with Crippen LogP contribution >= 0.6 is 0 Å². The van der Waals surface area contributed by atoms with Crippen LogP contribution in [0.4, 0.5) is 5.69 Å². The Morgan fingerprint density at radius 2 is 2.00 bits per heavy atom. The highest BCUT2D eigenvalue weighted by atomic mass is 16.5. The van der Waals surface area contributed by atoms with Crippen LogP contribution in [0.3, 0.4) is 0 Å². The minimum absolute atomic E-state index is 0.178. The molecule has 2 rings (SSSR count). The van der Waals surface area contributed by atoms with E-state index in [1.807, 2.05) is 38.1 Å². The summed E-state index contributed by atoms with van der Waals surface area (Å²) in [6, 6.07) is 9.20. The third kappa shape index (κ3) is 4.43. The number of nitriles is 1. The van der Waals surface area contributed by atoms with Crippen molar-refractivity contribution < 1.29 is 14.3 Å². The lowest BCUT2D eigenvalue weighted by Crippen LogP contribution is -2.35. The molecule has 0 saturated carbocycles. The summed E-state index contributed by atoms with van der Waals surface area (Å²) in [4.78, 5) is 25.7. The van der Waals surface area contributed by atoms with Crippen LogP contribution < -0.4 is 4.90 Å².